The fraction of sp³-hybridized carbons (Fsp3) is 1.00. The second-order valence-corrected chi connectivity index (χ2v) is 8.82. The SMILES string of the molecule is CC1CCC(C2CCC(C3CCC(Cl)CC3)CC2)CC1. The zero-order valence-corrected chi connectivity index (χ0v) is 14.1. The van der Waals surface area contributed by atoms with Crippen molar-refractivity contribution in [1.82, 2.24) is 0 Å². The van der Waals surface area contributed by atoms with Crippen LogP contribution in [0, 0.1) is 29.6 Å². The lowest BCUT2D eigenvalue weighted by atomic mass is 9.66. The normalized spacial score (nSPS) is 47.1. The van der Waals surface area contributed by atoms with Crippen molar-refractivity contribution in [3.05, 3.63) is 0 Å². The van der Waals surface area contributed by atoms with Crippen LogP contribution < -0.4 is 0 Å². The molecular formula is C19H33Cl. The summed E-state index contributed by atoms with van der Waals surface area (Å²) in [4.78, 5) is 0. The van der Waals surface area contributed by atoms with E-state index in [4.69, 9.17) is 11.6 Å². The minimum absolute atomic E-state index is 0.492. The molecule has 0 aromatic heterocycles. The fourth-order valence-electron chi connectivity index (χ4n) is 5.39. The molecule has 0 amide bonds. The Labute approximate surface area is 131 Å². The first-order valence-corrected chi connectivity index (χ1v) is 9.80. The van der Waals surface area contributed by atoms with Crippen LogP contribution in [0.1, 0.15) is 84.0 Å². The predicted molar refractivity (Wildman–Crippen MR) is 88.2 cm³/mol. The summed E-state index contributed by atoms with van der Waals surface area (Å²) >= 11 is 6.26. The Bertz CT molecular complexity index is 246. The van der Waals surface area contributed by atoms with Crippen LogP contribution in [0.15, 0.2) is 0 Å². The highest BCUT2D eigenvalue weighted by Gasteiger charge is 2.33. The van der Waals surface area contributed by atoms with Crippen molar-refractivity contribution in [2.24, 2.45) is 29.6 Å². The van der Waals surface area contributed by atoms with Crippen LogP contribution in [-0.4, -0.2) is 5.38 Å². The third kappa shape index (κ3) is 3.73. The maximum Gasteiger partial charge on any atom is 0.0336 e. The van der Waals surface area contributed by atoms with Crippen molar-refractivity contribution >= 4 is 11.6 Å². The Hall–Kier alpha value is 0.290. The molecule has 0 spiro atoms. The van der Waals surface area contributed by atoms with Crippen molar-refractivity contribution in [2.45, 2.75) is 89.4 Å². The smallest absolute Gasteiger partial charge is 0.0336 e. The van der Waals surface area contributed by atoms with Crippen molar-refractivity contribution in [2.75, 3.05) is 0 Å². The van der Waals surface area contributed by atoms with E-state index in [2.05, 4.69) is 6.92 Å². The third-order valence-electron chi connectivity index (χ3n) is 6.91. The molecule has 0 nitrogen and oxygen atoms in total. The second kappa shape index (κ2) is 7.03. The van der Waals surface area contributed by atoms with Gasteiger partial charge in [0.05, 0.1) is 0 Å². The number of hydrogen-bond donors (Lipinski definition) is 0. The second-order valence-electron chi connectivity index (χ2n) is 8.21. The molecule has 0 radical (unpaired) electrons. The van der Waals surface area contributed by atoms with Crippen LogP contribution in [0.2, 0.25) is 0 Å². The maximum absolute atomic E-state index is 6.26. The van der Waals surface area contributed by atoms with Gasteiger partial charge < -0.3 is 0 Å². The molecule has 0 unspecified atom stereocenters. The molecule has 0 saturated heterocycles. The minimum Gasteiger partial charge on any atom is -0.123 e. The van der Waals surface area contributed by atoms with Crippen LogP contribution in [0.25, 0.3) is 0 Å². The highest BCUT2D eigenvalue weighted by atomic mass is 35.5. The van der Waals surface area contributed by atoms with Gasteiger partial charge >= 0.3 is 0 Å². The van der Waals surface area contributed by atoms with E-state index in [0.717, 1.165) is 29.6 Å². The van der Waals surface area contributed by atoms with Gasteiger partial charge in [-0.1, -0.05) is 19.8 Å². The van der Waals surface area contributed by atoms with Gasteiger partial charge in [-0.2, -0.15) is 0 Å². The van der Waals surface area contributed by atoms with E-state index < -0.39 is 0 Å². The summed E-state index contributed by atoms with van der Waals surface area (Å²) in [6.07, 6.45) is 17.7. The monoisotopic (exact) mass is 296 g/mol. The summed E-state index contributed by atoms with van der Waals surface area (Å²) in [5.41, 5.74) is 0. The first kappa shape index (κ1) is 15.2. The molecule has 20 heavy (non-hydrogen) atoms. The Morgan fingerprint density at radius 3 is 1.20 bits per heavy atom. The molecule has 0 N–H and O–H groups in total. The van der Waals surface area contributed by atoms with E-state index >= 15 is 0 Å². The van der Waals surface area contributed by atoms with Crippen LogP contribution in [0.3, 0.4) is 0 Å². The van der Waals surface area contributed by atoms with Crippen molar-refractivity contribution in [1.29, 1.82) is 0 Å². The lowest BCUT2D eigenvalue weighted by molar-refractivity contribution is 0.115. The van der Waals surface area contributed by atoms with Gasteiger partial charge in [0.1, 0.15) is 0 Å². The molecule has 3 aliphatic rings. The number of rotatable bonds is 2. The Kier molecular flexibility index (Phi) is 5.34. The number of hydrogen-bond acceptors (Lipinski definition) is 0. The van der Waals surface area contributed by atoms with Gasteiger partial charge in [0.2, 0.25) is 0 Å². The highest BCUT2D eigenvalue weighted by molar-refractivity contribution is 6.20. The van der Waals surface area contributed by atoms with E-state index in [-0.39, 0.29) is 0 Å². The van der Waals surface area contributed by atoms with Gasteiger partial charge in [0, 0.05) is 5.38 Å². The van der Waals surface area contributed by atoms with Crippen LogP contribution in [-0.2, 0) is 0 Å². The van der Waals surface area contributed by atoms with E-state index in [9.17, 15) is 0 Å². The maximum atomic E-state index is 6.26. The zero-order valence-electron chi connectivity index (χ0n) is 13.3. The quantitative estimate of drug-likeness (QED) is 0.516. The van der Waals surface area contributed by atoms with Gasteiger partial charge in [-0.3, -0.25) is 0 Å². The van der Waals surface area contributed by atoms with Gasteiger partial charge in [-0.15, -0.1) is 11.6 Å². The molecule has 3 fully saturated rings. The summed E-state index contributed by atoms with van der Waals surface area (Å²) in [6, 6.07) is 0. The average molecular weight is 297 g/mol. The molecule has 0 aromatic carbocycles. The van der Waals surface area contributed by atoms with E-state index in [0.29, 0.717) is 5.38 Å². The van der Waals surface area contributed by atoms with Crippen LogP contribution >= 0.6 is 11.6 Å². The standard InChI is InChI=1S/C19H33Cl/c1-14-2-4-15(5-3-14)16-6-8-17(9-7-16)18-10-12-19(20)13-11-18/h14-19H,2-13H2,1H3. The molecular weight excluding hydrogens is 264 g/mol. The number of alkyl halides is 1. The Balaban J connectivity index is 1.42. The molecule has 0 atom stereocenters. The van der Waals surface area contributed by atoms with Crippen molar-refractivity contribution < 1.29 is 0 Å². The summed E-state index contributed by atoms with van der Waals surface area (Å²) in [5.74, 6) is 5.26. The van der Waals surface area contributed by atoms with Crippen LogP contribution in [0.4, 0.5) is 0 Å². The molecule has 0 aliphatic heterocycles. The van der Waals surface area contributed by atoms with Gasteiger partial charge in [-0.05, 0) is 93.8 Å². The first-order valence-electron chi connectivity index (χ1n) is 9.36. The van der Waals surface area contributed by atoms with Crippen molar-refractivity contribution in [3.63, 3.8) is 0 Å². The molecule has 0 aromatic rings. The lowest BCUT2D eigenvalue weighted by Gasteiger charge is -2.40. The Morgan fingerprint density at radius 1 is 0.500 bits per heavy atom. The third-order valence-corrected chi connectivity index (χ3v) is 7.35. The molecule has 3 aliphatic carbocycles. The summed E-state index contributed by atoms with van der Waals surface area (Å²) in [6.45, 7) is 2.44. The molecule has 116 valence electrons. The van der Waals surface area contributed by atoms with Crippen molar-refractivity contribution in [3.8, 4) is 0 Å². The Morgan fingerprint density at radius 2 is 0.800 bits per heavy atom. The van der Waals surface area contributed by atoms with E-state index in [1.807, 2.05) is 0 Å². The van der Waals surface area contributed by atoms with E-state index in [1.54, 1.807) is 12.8 Å². The fourth-order valence-corrected chi connectivity index (χ4v) is 5.65. The first-order chi connectivity index (χ1) is 9.72. The van der Waals surface area contributed by atoms with Crippen LogP contribution in [0.5, 0.6) is 0 Å². The summed E-state index contributed by atoms with van der Waals surface area (Å²) in [7, 11) is 0. The zero-order chi connectivity index (χ0) is 13.9. The van der Waals surface area contributed by atoms with Gasteiger partial charge in [0.15, 0.2) is 0 Å². The lowest BCUT2D eigenvalue weighted by Crippen LogP contribution is -2.29. The van der Waals surface area contributed by atoms with Gasteiger partial charge in [-0.25, -0.2) is 0 Å². The minimum atomic E-state index is 0.492. The summed E-state index contributed by atoms with van der Waals surface area (Å²) in [5, 5.41) is 0.492. The molecule has 0 heterocycles. The summed E-state index contributed by atoms with van der Waals surface area (Å²) < 4.78 is 0. The number of halogens is 1. The molecule has 3 rings (SSSR count). The largest absolute Gasteiger partial charge is 0.123 e. The highest BCUT2D eigenvalue weighted by Crippen LogP contribution is 2.45. The van der Waals surface area contributed by atoms with E-state index in [1.165, 1.54) is 64.2 Å². The topological polar surface area (TPSA) is 0 Å². The average Bonchev–Trinajstić information content (AvgIpc) is 2.49. The van der Waals surface area contributed by atoms with Gasteiger partial charge in [0.25, 0.3) is 0 Å². The molecule has 0 bridgehead atoms. The molecule has 1 heteroatoms. The molecule has 3 saturated carbocycles. The predicted octanol–water partition coefficient (Wildman–Crippen LogP) is 6.42.